The average Bonchev–Trinajstić information content (AvgIpc) is 2.37. The number of hydrogen-bond donors (Lipinski definition) is 0. The highest BCUT2D eigenvalue weighted by atomic mass is 35.5. The zero-order valence-corrected chi connectivity index (χ0v) is 11.1. The van der Waals surface area contributed by atoms with Crippen LogP contribution in [0.25, 0.3) is 10.9 Å². The Balaban J connectivity index is 2.62. The molecule has 2 rings (SSSR count). The van der Waals surface area contributed by atoms with Gasteiger partial charge in [0.15, 0.2) is 0 Å². The van der Waals surface area contributed by atoms with Crippen LogP contribution in [0.4, 0.5) is 0 Å². The predicted octanol–water partition coefficient (Wildman–Crippen LogP) is 3.17. The number of halogens is 1. The zero-order valence-electron chi connectivity index (χ0n) is 10.4. The summed E-state index contributed by atoms with van der Waals surface area (Å²) in [7, 11) is 1.38. The van der Waals surface area contributed by atoms with Crippen LogP contribution in [0.15, 0.2) is 24.3 Å². The van der Waals surface area contributed by atoms with Gasteiger partial charge in [-0.05, 0) is 23.6 Å². The molecule has 0 aliphatic heterocycles. The number of nitrogens with zero attached hydrogens (tertiary/aromatic N) is 1. The predicted molar refractivity (Wildman–Crippen MR) is 71.9 cm³/mol. The highest BCUT2D eigenvalue weighted by molar-refractivity contribution is 6.30. The van der Waals surface area contributed by atoms with E-state index in [9.17, 15) is 4.79 Å². The number of rotatable bonds is 3. The van der Waals surface area contributed by atoms with Gasteiger partial charge in [0.05, 0.1) is 19.0 Å². The van der Waals surface area contributed by atoms with Crippen molar-refractivity contribution in [3.63, 3.8) is 0 Å². The summed E-state index contributed by atoms with van der Waals surface area (Å²) < 4.78 is 4.70. The van der Waals surface area contributed by atoms with Crippen molar-refractivity contribution in [3.8, 4) is 0 Å². The van der Waals surface area contributed by atoms with Crippen molar-refractivity contribution < 1.29 is 9.53 Å². The van der Waals surface area contributed by atoms with Crippen LogP contribution in [-0.2, 0) is 22.4 Å². The summed E-state index contributed by atoms with van der Waals surface area (Å²) >= 11 is 6.02. The maximum Gasteiger partial charge on any atom is 0.310 e. The molecule has 0 aliphatic rings. The van der Waals surface area contributed by atoms with Crippen molar-refractivity contribution >= 4 is 28.5 Å². The van der Waals surface area contributed by atoms with Crippen LogP contribution in [-0.4, -0.2) is 18.1 Å². The fourth-order valence-corrected chi connectivity index (χ4v) is 2.22. The molecule has 1 aromatic heterocycles. The van der Waals surface area contributed by atoms with E-state index < -0.39 is 0 Å². The summed E-state index contributed by atoms with van der Waals surface area (Å²) in [5.74, 6) is -0.277. The highest BCUT2D eigenvalue weighted by Gasteiger charge is 2.11. The Morgan fingerprint density at radius 1 is 1.39 bits per heavy atom. The summed E-state index contributed by atoms with van der Waals surface area (Å²) in [4.78, 5) is 15.8. The van der Waals surface area contributed by atoms with Crippen molar-refractivity contribution in [1.29, 1.82) is 0 Å². The lowest BCUT2D eigenvalue weighted by molar-refractivity contribution is -0.139. The lowest BCUT2D eigenvalue weighted by atomic mass is 10.0. The Morgan fingerprint density at radius 3 is 2.83 bits per heavy atom. The molecule has 3 nitrogen and oxygen atoms in total. The maximum absolute atomic E-state index is 11.4. The minimum Gasteiger partial charge on any atom is -0.469 e. The number of esters is 1. The second-order valence-electron chi connectivity index (χ2n) is 4.02. The third-order valence-electron chi connectivity index (χ3n) is 2.92. The second kappa shape index (κ2) is 5.36. The first-order chi connectivity index (χ1) is 8.65. The fourth-order valence-electron chi connectivity index (χ4n) is 2.00. The van der Waals surface area contributed by atoms with Gasteiger partial charge in [-0.1, -0.05) is 36.7 Å². The number of carbonyl (C=O) groups is 1. The molecule has 0 saturated carbocycles. The monoisotopic (exact) mass is 263 g/mol. The zero-order chi connectivity index (χ0) is 13.1. The van der Waals surface area contributed by atoms with Gasteiger partial charge >= 0.3 is 5.97 Å². The molecule has 4 heteroatoms. The maximum atomic E-state index is 11.4. The number of para-hydroxylation sites is 1. The number of carbonyl (C=O) groups excluding carboxylic acids is 1. The van der Waals surface area contributed by atoms with Gasteiger partial charge in [-0.3, -0.25) is 4.79 Å². The van der Waals surface area contributed by atoms with Gasteiger partial charge in [0.25, 0.3) is 0 Å². The quantitative estimate of drug-likeness (QED) is 0.631. The smallest absolute Gasteiger partial charge is 0.310 e. The number of ether oxygens (including phenoxy) is 1. The van der Waals surface area contributed by atoms with Crippen molar-refractivity contribution in [2.24, 2.45) is 0 Å². The summed E-state index contributed by atoms with van der Waals surface area (Å²) in [5, 5.41) is 1.37. The van der Waals surface area contributed by atoms with Crippen LogP contribution in [0.2, 0.25) is 5.15 Å². The molecule has 18 heavy (non-hydrogen) atoms. The number of aromatic nitrogens is 1. The molecule has 0 unspecified atom stereocenters. The Morgan fingerprint density at radius 2 is 2.17 bits per heavy atom. The van der Waals surface area contributed by atoms with Crippen LogP contribution in [0.5, 0.6) is 0 Å². The highest BCUT2D eigenvalue weighted by Crippen LogP contribution is 2.24. The molecule has 0 amide bonds. The van der Waals surface area contributed by atoms with Gasteiger partial charge in [-0.2, -0.15) is 0 Å². The molecule has 0 bridgehead atoms. The number of methoxy groups -OCH3 is 1. The SMILES string of the molecule is CCc1cccc2c(CC(=O)OC)cc(Cl)nc12. The largest absolute Gasteiger partial charge is 0.469 e. The Bertz CT molecular complexity index is 596. The van der Waals surface area contributed by atoms with Crippen LogP contribution in [0.3, 0.4) is 0 Å². The number of aryl methyl sites for hydroxylation is 1. The summed E-state index contributed by atoms with van der Waals surface area (Å²) in [5.41, 5.74) is 2.85. The molecule has 0 fully saturated rings. The van der Waals surface area contributed by atoms with Crippen molar-refractivity contribution in [3.05, 3.63) is 40.5 Å². The molecule has 0 radical (unpaired) electrons. The molecular weight excluding hydrogens is 250 g/mol. The summed E-state index contributed by atoms with van der Waals surface area (Å²) in [6.45, 7) is 2.07. The normalized spacial score (nSPS) is 10.6. The van der Waals surface area contributed by atoms with Gasteiger partial charge in [-0.25, -0.2) is 4.98 Å². The molecular formula is C14H14ClNO2. The number of benzene rings is 1. The van der Waals surface area contributed by atoms with Crippen molar-refractivity contribution in [1.82, 2.24) is 4.98 Å². The van der Waals surface area contributed by atoms with Gasteiger partial charge in [0.2, 0.25) is 0 Å². The van der Waals surface area contributed by atoms with Crippen LogP contribution in [0.1, 0.15) is 18.1 Å². The Hall–Kier alpha value is -1.61. The standard InChI is InChI=1S/C14H14ClNO2/c1-3-9-5-4-6-11-10(8-13(17)18-2)7-12(15)16-14(9)11/h4-7H,3,8H2,1-2H3. The third-order valence-corrected chi connectivity index (χ3v) is 3.11. The average molecular weight is 264 g/mol. The van der Waals surface area contributed by atoms with Crippen LogP contribution in [0, 0.1) is 0 Å². The lowest BCUT2D eigenvalue weighted by Gasteiger charge is -2.09. The molecule has 0 saturated heterocycles. The lowest BCUT2D eigenvalue weighted by Crippen LogP contribution is -2.05. The molecule has 94 valence electrons. The number of hydrogen-bond acceptors (Lipinski definition) is 3. The van der Waals surface area contributed by atoms with Crippen LogP contribution < -0.4 is 0 Å². The molecule has 1 aromatic carbocycles. The molecule has 0 spiro atoms. The number of fused-ring (bicyclic) bond motifs is 1. The first kappa shape index (κ1) is 12.8. The minimum atomic E-state index is -0.277. The van der Waals surface area contributed by atoms with E-state index in [0.717, 1.165) is 28.5 Å². The third kappa shape index (κ3) is 2.46. The van der Waals surface area contributed by atoms with Crippen molar-refractivity contribution in [2.75, 3.05) is 7.11 Å². The van der Waals surface area contributed by atoms with E-state index in [4.69, 9.17) is 16.3 Å². The Kier molecular flexibility index (Phi) is 3.82. The van der Waals surface area contributed by atoms with E-state index in [2.05, 4.69) is 11.9 Å². The second-order valence-corrected chi connectivity index (χ2v) is 4.41. The fraction of sp³-hybridized carbons (Fsp3) is 0.286. The molecule has 0 N–H and O–H groups in total. The topological polar surface area (TPSA) is 39.2 Å². The molecule has 2 aromatic rings. The Labute approximate surface area is 111 Å². The van der Waals surface area contributed by atoms with Gasteiger partial charge in [0, 0.05) is 5.39 Å². The van der Waals surface area contributed by atoms with E-state index in [-0.39, 0.29) is 12.4 Å². The van der Waals surface area contributed by atoms with Gasteiger partial charge in [0.1, 0.15) is 5.15 Å². The molecule has 0 aliphatic carbocycles. The van der Waals surface area contributed by atoms with E-state index in [1.807, 2.05) is 18.2 Å². The van der Waals surface area contributed by atoms with Gasteiger partial charge in [-0.15, -0.1) is 0 Å². The van der Waals surface area contributed by atoms with E-state index in [1.165, 1.54) is 7.11 Å². The molecule has 0 atom stereocenters. The van der Waals surface area contributed by atoms with Crippen molar-refractivity contribution in [2.45, 2.75) is 19.8 Å². The number of pyridine rings is 1. The molecule has 1 heterocycles. The first-order valence-electron chi connectivity index (χ1n) is 5.79. The van der Waals surface area contributed by atoms with E-state index >= 15 is 0 Å². The van der Waals surface area contributed by atoms with E-state index in [1.54, 1.807) is 6.07 Å². The van der Waals surface area contributed by atoms with Gasteiger partial charge < -0.3 is 4.74 Å². The minimum absolute atomic E-state index is 0.211. The van der Waals surface area contributed by atoms with Crippen LogP contribution >= 0.6 is 11.6 Å². The summed E-state index contributed by atoms with van der Waals surface area (Å²) in [6, 6.07) is 7.67. The van der Waals surface area contributed by atoms with E-state index in [0.29, 0.717) is 5.15 Å². The summed E-state index contributed by atoms with van der Waals surface area (Å²) in [6.07, 6.45) is 1.09. The first-order valence-corrected chi connectivity index (χ1v) is 6.17.